The molecule has 1 amide bonds. The zero-order valence-electron chi connectivity index (χ0n) is 13.6. The molecule has 0 spiro atoms. The Morgan fingerprint density at radius 3 is 2.60 bits per heavy atom. The molecule has 0 atom stereocenters. The number of benzene rings is 2. The van der Waals surface area contributed by atoms with E-state index in [0.717, 1.165) is 42.2 Å². The van der Waals surface area contributed by atoms with Crippen molar-refractivity contribution in [2.45, 2.75) is 25.7 Å². The van der Waals surface area contributed by atoms with Gasteiger partial charge in [0.05, 0.1) is 11.1 Å². The number of carbonyl (C=O) groups is 1. The third-order valence-electron chi connectivity index (χ3n) is 4.71. The standard InChI is InChI=1S/C20H17FN2O2/c21-17-8-4-3-7-16(17)20(25)22-12-9-10-14-13-5-1-2-6-15(13)19(24)23-18(14)11-12/h3-4,7-11H,1-2,5-6H2,(H,22,25)(H,23,24). The molecule has 0 saturated carbocycles. The summed E-state index contributed by atoms with van der Waals surface area (Å²) in [4.78, 5) is 27.4. The van der Waals surface area contributed by atoms with E-state index in [-0.39, 0.29) is 11.1 Å². The van der Waals surface area contributed by atoms with E-state index >= 15 is 0 Å². The Morgan fingerprint density at radius 1 is 1.04 bits per heavy atom. The van der Waals surface area contributed by atoms with Crippen LogP contribution in [0.4, 0.5) is 10.1 Å². The van der Waals surface area contributed by atoms with E-state index in [9.17, 15) is 14.0 Å². The third-order valence-corrected chi connectivity index (χ3v) is 4.71. The molecule has 0 saturated heterocycles. The molecule has 5 heteroatoms. The smallest absolute Gasteiger partial charge is 0.258 e. The van der Waals surface area contributed by atoms with Crippen LogP contribution in [0.5, 0.6) is 0 Å². The fourth-order valence-corrected chi connectivity index (χ4v) is 3.48. The highest BCUT2D eigenvalue weighted by atomic mass is 19.1. The lowest BCUT2D eigenvalue weighted by molar-refractivity contribution is 0.102. The molecule has 3 aromatic rings. The van der Waals surface area contributed by atoms with Gasteiger partial charge in [-0.3, -0.25) is 9.59 Å². The zero-order valence-corrected chi connectivity index (χ0v) is 13.6. The molecule has 0 unspecified atom stereocenters. The van der Waals surface area contributed by atoms with Crippen LogP contribution in [0.2, 0.25) is 0 Å². The number of nitrogens with one attached hydrogen (secondary N) is 2. The molecule has 4 nitrogen and oxygen atoms in total. The SMILES string of the molecule is O=C(Nc1ccc2c3c(c(=O)[nH]c2c1)CCCC3)c1ccccc1F. The van der Waals surface area contributed by atoms with Crippen molar-refractivity contribution >= 4 is 22.5 Å². The molecular weight excluding hydrogens is 319 g/mol. The second-order valence-electron chi connectivity index (χ2n) is 6.31. The van der Waals surface area contributed by atoms with Crippen LogP contribution in [0.1, 0.15) is 34.3 Å². The van der Waals surface area contributed by atoms with Crippen molar-refractivity contribution in [2.75, 3.05) is 5.32 Å². The molecular formula is C20H17FN2O2. The minimum absolute atomic E-state index is 0.0125. The maximum Gasteiger partial charge on any atom is 0.258 e. The Hall–Kier alpha value is -2.95. The summed E-state index contributed by atoms with van der Waals surface area (Å²) in [7, 11) is 0. The molecule has 1 aromatic heterocycles. The quantitative estimate of drug-likeness (QED) is 0.748. The van der Waals surface area contributed by atoms with Crippen LogP contribution in [0.15, 0.2) is 47.3 Å². The van der Waals surface area contributed by atoms with E-state index in [0.29, 0.717) is 11.2 Å². The van der Waals surface area contributed by atoms with Crippen LogP contribution in [-0.2, 0) is 12.8 Å². The minimum atomic E-state index is -0.566. The molecule has 0 aliphatic heterocycles. The number of pyridine rings is 1. The predicted octanol–water partition coefficient (Wildman–Crippen LogP) is 3.80. The monoisotopic (exact) mass is 336 g/mol. The van der Waals surface area contributed by atoms with Gasteiger partial charge in [0.2, 0.25) is 0 Å². The molecule has 25 heavy (non-hydrogen) atoms. The third kappa shape index (κ3) is 2.82. The van der Waals surface area contributed by atoms with Crippen molar-refractivity contribution in [3.63, 3.8) is 0 Å². The van der Waals surface area contributed by atoms with E-state index in [1.54, 1.807) is 18.2 Å². The number of aromatic amines is 1. The first-order chi connectivity index (χ1) is 12.1. The van der Waals surface area contributed by atoms with Crippen molar-refractivity contribution in [1.29, 1.82) is 0 Å². The Bertz CT molecular complexity index is 1040. The van der Waals surface area contributed by atoms with Gasteiger partial charge in [0, 0.05) is 16.6 Å². The number of rotatable bonds is 2. The Kier molecular flexibility index (Phi) is 3.84. The highest BCUT2D eigenvalue weighted by Crippen LogP contribution is 2.27. The number of halogens is 1. The second kappa shape index (κ2) is 6.16. The number of aryl methyl sites for hydroxylation is 1. The Labute approximate surface area is 143 Å². The molecule has 0 fully saturated rings. The van der Waals surface area contributed by atoms with Crippen molar-refractivity contribution in [2.24, 2.45) is 0 Å². The minimum Gasteiger partial charge on any atom is -0.322 e. The van der Waals surface area contributed by atoms with E-state index in [1.165, 1.54) is 18.2 Å². The summed E-state index contributed by atoms with van der Waals surface area (Å²) in [6.07, 6.45) is 3.83. The van der Waals surface area contributed by atoms with Crippen LogP contribution >= 0.6 is 0 Å². The highest BCUT2D eigenvalue weighted by molar-refractivity contribution is 6.05. The summed E-state index contributed by atoms with van der Waals surface area (Å²) >= 11 is 0. The number of aromatic nitrogens is 1. The van der Waals surface area contributed by atoms with E-state index < -0.39 is 11.7 Å². The number of hydrogen-bond acceptors (Lipinski definition) is 2. The summed E-state index contributed by atoms with van der Waals surface area (Å²) < 4.78 is 13.7. The van der Waals surface area contributed by atoms with Gasteiger partial charge in [-0.15, -0.1) is 0 Å². The molecule has 2 N–H and O–H groups in total. The van der Waals surface area contributed by atoms with Gasteiger partial charge in [-0.1, -0.05) is 18.2 Å². The van der Waals surface area contributed by atoms with Gasteiger partial charge in [-0.05, 0) is 55.5 Å². The predicted molar refractivity (Wildman–Crippen MR) is 95.6 cm³/mol. The number of carbonyl (C=O) groups excluding carboxylic acids is 1. The maximum atomic E-state index is 13.7. The topological polar surface area (TPSA) is 62.0 Å². The lowest BCUT2D eigenvalue weighted by atomic mass is 9.90. The lowest BCUT2D eigenvalue weighted by Crippen LogP contribution is -2.19. The van der Waals surface area contributed by atoms with Crippen LogP contribution in [-0.4, -0.2) is 10.9 Å². The number of hydrogen-bond donors (Lipinski definition) is 2. The van der Waals surface area contributed by atoms with Crippen LogP contribution in [0, 0.1) is 5.82 Å². The average Bonchev–Trinajstić information content (AvgIpc) is 2.62. The molecule has 1 aliphatic rings. The molecule has 4 rings (SSSR count). The zero-order chi connectivity index (χ0) is 17.4. The molecule has 1 heterocycles. The summed E-state index contributed by atoms with van der Waals surface area (Å²) in [5.41, 5.74) is 3.13. The van der Waals surface area contributed by atoms with Crippen LogP contribution in [0.25, 0.3) is 10.9 Å². The lowest BCUT2D eigenvalue weighted by Gasteiger charge is -2.17. The molecule has 1 aliphatic carbocycles. The first-order valence-corrected chi connectivity index (χ1v) is 8.37. The molecule has 0 bridgehead atoms. The van der Waals surface area contributed by atoms with Crippen LogP contribution < -0.4 is 10.9 Å². The molecule has 2 aromatic carbocycles. The number of amides is 1. The first-order valence-electron chi connectivity index (χ1n) is 8.37. The van der Waals surface area contributed by atoms with Gasteiger partial charge in [-0.25, -0.2) is 4.39 Å². The summed E-state index contributed by atoms with van der Waals surface area (Å²) in [6, 6.07) is 11.3. The number of fused-ring (bicyclic) bond motifs is 3. The normalized spacial score (nSPS) is 13.5. The van der Waals surface area contributed by atoms with Crippen molar-refractivity contribution in [3.05, 3.63) is 75.3 Å². The van der Waals surface area contributed by atoms with Crippen molar-refractivity contribution in [1.82, 2.24) is 4.98 Å². The van der Waals surface area contributed by atoms with Crippen LogP contribution in [0.3, 0.4) is 0 Å². The van der Waals surface area contributed by atoms with E-state index in [1.807, 2.05) is 6.07 Å². The maximum absolute atomic E-state index is 13.7. The van der Waals surface area contributed by atoms with Gasteiger partial charge in [0.1, 0.15) is 5.82 Å². The summed E-state index contributed by atoms with van der Waals surface area (Å²) in [5.74, 6) is -1.08. The Balaban J connectivity index is 1.71. The van der Waals surface area contributed by atoms with Gasteiger partial charge in [-0.2, -0.15) is 0 Å². The number of anilines is 1. The highest BCUT2D eigenvalue weighted by Gasteiger charge is 2.17. The first kappa shape index (κ1) is 15.6. The fraction of sp³-hybridized carbons (Fsp3) is 0.200. The van der Waals surface area contributed by atoms with Gasteiger partial charge in [0.25, 0.3) is 11.5 Å². The fourth-order valence-electron chi connectivity index (χ4n) is 3.48. The Morgan fingerprint density at radius 2 is 1.80 bits per heavy atom. The number of H-pyrrole nitrogens is 1. The van der Waals surface area contributed by atoms with Crippen molar-refractivity contribution in [3.8, 4) is 0 Å². The van der Waals surface area contributed by atoms with Gasteiger partial charge in [0.15, 0.2) is 0 Å². The summed E-state index contributed by atoms with van der Waals surface area (Å²) in [6.45, 7) is 0. The second-order valence-corrected chi connectivity index (χ2v) is 6.31. The van der Waals surface area contributed by atoms with E-state index in [4.69, 9.17) is 0 Å². The largest absolute Gasteiger partial charge is 0.322 e. The molecule has 0 radical (unpaired) electrons. The van der Waals surface area contributed by atoms with Gasteiger partial charge < -0.3 is 10.3 Å². The van der Waals surface area contributed by atoms with E-state index in [2.05, 4.69) is 10.3 Å². The average molecular weight is 336 g/mol. The molecule has 126 valence electrons. The van der Waals surface area contributed by atoms with Gasteiger partial charge >= 0.3 is 0 Å². The van der Waals surface area contributed by atoms with Crippen molar-refractivity contribution < 1.29 is 9.18 Å². The summed E-state index contributed by atoms with van der Waals surface area (Å²) in [5, 5.41) is 3.70.